The number of rotatable bonds is 5. The molecule has 164 valence electrons. The summed E-state index contributed by atoms with van der Waals surface area (Å²) in [6.07, 6.45) is 0. The molecule has 0 bridgehead atoms. The zero-order valence-corrected chi connectivity index (χ0v) is 18.4. The quantitative estimate of drug-likeness (QED) is 0.713. The maximum Gasteiger partial charge on any atom is 0.260 e. The van der Waals surface area contributed by atoms with Crippen molar-refractivity contribution in [2.75, 3.05) is 39.3 Å². The number of ether oxygens (including phenoxy) is 1. The lowest BCUT2D eigenvalue weighted by molar-refractivity contribution is -0.143. The molecule has 0 saturated carbocycles. The Morgan fingerprint density at radius 2 is 1.48 bits per heavy atom. The molecular formula is C22H24Cl2N4O3. The summed E-state index contributed by atoms with van der Waals surface area (Å²) in [6, 6.07) is 14.3. The minimum absolute atomic E-state index is 0.0370. The summed E-state index contributed by atoms with van der Waals surface area (Å²) < 4.78 is 5.55. The van der Waals surface area contributed by atoms with Crippen molar-refractivity contribution < 1.29 is 14.3 Å². The number of carbonyl (C=O) groups is 2. The van der Waals surface area contributed by atoms with Gasteiger partial charge in [0.05, 0.1) is 12.0 Å². The fourth-order valence-corrected chi connectivity index (χ4v) is 4.14. The van der Waals surface area contributed by atoms with Gasteiger partial charge >= 0.3 is 0 Å². The summed E-state index contributed by atoms with van der Waals surface area (Å²) in [5, 5.41) is 1.28. The number of benzene rings is 2. The van der Waals surface area contributed by atoms with E-state index in [-0.39, 0.29) is 30.4 Å². The van der Waals surface area contributed by atoms with Gasteiger partial charge in [-0.05, 0) is 42.0 Å². The van der Waals surface area contributed by atoms with E-state index in [9.17, 15) is 9.59 Å². The van der Waals surface area contributed by atoms with E-state index in [1.165, 1.54) is 0 Å². The van der Waals surface area contributed by atoms with Crippen LogP contribution < -0.4 is 15.6 Å². The summed E-state index contributed by atoms with van der Waals surface area (Å²) in [5.41, 5.74) is 7.31. The van der Waals surface area contributed by atoms with Gasteiger partial charge in [0, 0.05) is 42.8 Å². The monoisotopic (exact) mass is 462 g/mol. The highest BCUT2D eigenvalue weighted by Crippen LogP contribution is 2.28. The average Bonchev–Trinajstić information content (AvgIpc) is 3.28. The fraction of sp³-hybridized carbons (Fsp3) is 0.364. The van der Waals surface area contributed by atoms with Gasteiger partial charge in [0.1, 0.15) is 5.75 Å². The van der Waals surface area contributed by atoms with E-state index in [4.69, 9.17) is 27.9 Å². The van der Waals surface area contributed by atoms with Gasteiger partial charge in [-0.1, -0.05) is 35.3 Å². The Hall–Kier alpha value is -2.32. The maximum absolute atomic E-state index is 13.1. The topological polar surface area (TPSA) is 73.9 Å². The molecule has 2 aliphatic heterocycles. The molecule has 2 fully saturated rings. The second kappa shape index (κ2) is 9.87. The molecule has 2 aromatic carbocycles. The van der Waals surface area contributed by atoms with Crippen molar-refractivity contribution in [1.82, 2.24) is 20.7 Å². The number of halogens is 2. The maximum atomic E-state index is 13.1. The largest absolute Gasteiger partial charge is 0.484 e. The Labute approximate surface area is 191 Å². The number of nitrogens with one attached hydrogen (secondary N) is 2. The summed E-state index contributed by atoms with van der Waals surface area (Å²) in [4.78, 5) is 29.2. The predicted octanol–water partition coefficient (Wildman–Crippen LogP) is 2.51. The molecule has 2 N–H and O–H groups in total. The summed E-state index contributed by atoms with van der Waals surface area (Å²) in [7, 11) is 0. The number of piperazine rings is 1. The van der Waals surface area contributed by atoms with Gasteiger partial charge in [-0.2, -0.15) is 0 Å². The smallest absolute Gasteiger partial charge is 0.260 e. The molecule has 7 nitrogen and oxygen atoms in total. The molecule has 2 unspecified atom stereocenters. The van der Waals surface area contributed by atoms with Gasteiger partial charge < -0.3 is 14.5 Å². The number of nitrogens with zero attached hydrogens (tertiary/aromatic N) is 2. The van der Waals surface area contributed by atoms with Crippen molar-refractivity contribution >= 4 is 35.0 Å². The molecule has 2 atom stereocenters. The molecule has 4 rings (SSSR count). The SMILES string of the molecule is O=C(COc1ccc(Cl)cc1)N1CCN(C(=O)C2CNNC2c2ccc(Cl)cc2)CC1. The second-order valence-corrected chi connectivity index (χ2v) is 8.48. The predicted molar refractivity (Wildman–Crippen MR) is 119 cm³/mol. The molecule has 2 aliphatic rings. The summed E-state index contributed by atoms with van der Waals surface area (Å²) in [6.45, 7) is 2.52. The van der Waals surface area contributed by atoms with E-state index in [1.54, 1.807) is 29.2 Å². The highest BCUT2D eigenvalue weighted by Gasteiger charge is 2.37. The van der Waals surface area contributed by atoms with Gasteiger partial charge in [0.25, 0.3) is 5.91 Å². The molecule has 9 heteroatoms. The van der Waals surface area contributed by atoms with Gasteiger partial charge in [-0.3, -0.25) is 15.0 Å². The Kier molecular flexibility index (Phi) is 6.97. The lowest BCUT2D eigenvalue weighted by atomic mass is 9.93. The zero-order valence-electron chi connectivity index (χ0n) is 16.9. The van der Waals surface area contributed by atoms with Crippen molar-refractivity contribution in [3.63, 3.8) is 0 Å². The van der Waals surface area contributed by atoms with Gasteiger partial charge in [-0.15, -0.1) is 0 Å². The molecule has 31 heavy (non-hydrogen) atoms. The third kappa shape index (κ3) is 5.30. The molecule has 0 aromatic heterocycles. The Balaban J connectivity index is 1.28. The third-order valence-electron chi connectivity index (χ3n) is 5.65. The first kappa shape index (κ1) is 21.9. The van der Waals surface area contributed by atoms with Crippen molar-refractivity contribution in [2.45, 2.75) is 6.04 Å². The van der Waals surface area contributed by atoms with Crippen LogP contribution in [0.3, 0.4) is 0 Å². The molecule has 0 spiro atoms. The van der Waals surface area contributed by atoms with Crippen LogP contribution >= 0.6 is 23.2 Å². The highest BCUT2D eigenvalue weighted by molar-refractivity contribution is 6.30. The van der Waals surface area contributed by atoms with E-state index in [1.807, 2.05) is 29.2 Å². The average molecular weight is 463 g/mol. The minimum atomic E-state index is -0.211. The van der Waals surface area contributed by atoms with Crippen molar-refractivity contribution in [2.24, 2.45) is 5.92 Å². The van der Waals surface area contributed by atoms with Crippen LogP contribution in [0.4, 0.5) is 0 Å². The number of carbonyl (C=O) groups excluding carboxylic acids is 2. The molecule has 0 aliphatic carbocycles. The fourth-order valence-electron chi connectivity index (χ4n) is 3.89. The number of hydrazine groups is 1. The molecule has 2 saturated heterocycles. The van der Waals surface area contributed by atoms with Crippen LogP contribution in [0.2, 0.25) is 10.0 Å². The normalized spacial score (nSPS) is 21.2. The van der Waals surface area contributed by atoms with E-state index < -0.39 is 0 Å². The van der Waals surface area contributed by atoms with Crippen LogP contribution in [0, 0.1) is 5.92 Å². The lowest BCUT2D eigenvalue weighted by Crippen LogP contribution is -2.53. The Morgan fingerprint density at radius 3 is 2.13 bits per heavy atom. The molecular weight excluding hydrogens is 439 g/mol. The van der Waals surface area contributed by atoms with Gasteiger partial charge in [0.2, 0.25) is 5.91 Å². The molecule has 0 radical (unpaired) electrons. The van der Waals surface area contributed by atoms with E-state index >= 15 is 0 Å². The van der Waals surface area contributed by atoms with E-state index in [2.05, 4.69) is 10.9 Å². The zero-order chi connectivity index (χ0) is 21.8. The van der Waals surface area contributed by atoms with Crippen LogP contribution in [0.1, 0.15) is 11.6 Å². The van der Waals surface area contributed by atoms with Gasteiger partial charge in [0.15, 0.2) is 6.61 Å². The summed E-state index contributed by atoms with van der Waals surface area (Å²) in [5.74, 6) is 0.380. The van der Waals surface area contributed by atoms with Crippen LogP contribution in [-0.4, -0.2) is 60.9 Å². The second-order valence-electron chi connectivity index (χ2n) is 7.61. The highest BCUT2D eigenvalue weighted by atomic mass is 35.5. The Morgan fingerprint density at radius 1 is 0.903 bits per heavy atom. The Bertz CT molecular complexity index is 915. The first-order valence-electron chi connectivity index (χ1n) is 10.2. The van der Waals surface area contributed by atoms with E-state index in [0.29, 0.717) is 48.5 Å². The first-order chi connectivity index (χ1) is 15.0. The standard InChI is InChI=1S/C22H24Cl2N4O3/c23-16-3-1-15(2-4-16)21-19(13-25-26-21)22(30)28-11-9-27(10-12-28)20(29)14-31-18-7-5-17(24)6-8-18/h1-8,19,21,25-26H,9-14H2. The summed E-state index contributed by atoms with van der Waals surface area (Å²) >= 11 is 11.8. The first-order valence-corrected chi connectivity index (χ1v) is 11.0. The van der Waals surface area contributed by atoms with Crippen LogP contribution in [-0.2, 0) is 9.59 Å². The third-order valence-corrected chi connectivity index (χ3v) is 6.15. The van der Waals surface area contributed by atoms with Crippen LogP contribution in [0.5, 0.6) is 5.75 Å². The van der Waals surface area contributed by atoms with Crippen LogP contribution in [0.25, 0.3) is 0 Å². The van der Waals surface area contributed by atoms with Crippen molar-refractivity contribution in [1.29, 1.82) is 0 Å². The van der Waals surface area contributed by atoms with Crippen molar-refractivity contribution in [3.05, 3.63) is 64.1 Å². The number of hydrogen-bond donors (Lipinski definition) is 2. The minimum Gasteiger partial charge on any atom is -0.484 e. The molecule has 2 amide bonds. The number of hydrogen-bond acceptors (Lipinski definition) is 5. The number of amides is 2. The molecule has 2 heterocycles. The van der Waals surface area contributed by atoms with Gasteiger partial charge in [-0.25, -0.2) is 5.43 Å². The van der Waals surface area contributed by atoms with E-state index in [0.717, 1.165) is 5.56 Å². The lowest BCUT2D eigenvalue weighted by Gasteiger charge is -2.36. The van der Waals surface area contributed by atoms with Crippen LogP contribution in [0.15, 0.2) is 48.5 Å². The van der Waals surface area contributed by atoms with Crippen molar-refractivity contribution in [3.8, 4) is 5.75 Å². The molecule has 2 aromatic rings.